The van der Waals surface area contributed by atoms with Crippen molar-refractivity contribution in [1.82, 2.24) is 5.32 Å². The third-order valence-electron chi connectivity index (χ3n) is 3.85. The van der Waals surface area contributed by atoms with Gasteiger partial charge in [0, 0.05) is 0 Å². The quantitative estimate of drug-likeness (QED) is 0.337. The average Bonchev–Trinajstić information content (AvgIpc) is 3.14. The molecule has 0 unspecified atom stereocenters. The van der Waals surface area contributed by atoms with Gasteiger partial charge in [0.2, 0.25) is 0 Å². The zero-order valence-electron chi connectivity index (χ0n) is 15.7. The molecular weight excluding hydrogens is 362 g/mol. The minimum absolute atomic E-state index is 0.0718. The molecule has 0 aromatic heterocycles. The number of carbonyl (C=O) groups is 3. The predicted molar refractivity (Wildman–Crippen MR) is 102 cm³/mol. The summed E-state index contributed by atoms with van der Waals surface area (Å²) in [5, 5.41) is 27.8. The molecule has 9 nitrogen and oxygen atoms in total. The highest BCUT2D eigenvalue weighted by Gasteiger charge is 2.20. The number of aliphatic carboxylic acids is 3. The van der Waals surface area contributed by atoms with Crippen LogP contribution in [-0.4, -0.2) is 69.9 Å². The maximum atomic E-state index is 10.2. The molecule has 1 heterocycles. The average molecular weight is 396 g/mol. The van der Waals surface area contributed by atoms with Crippen LogP contribution in [-0.2, 0) is 14.4 Å². The number of carboxylic acid groups (broad SMARTS) is 3. The van der Waals surface area contributed by atoms with Crippen LogP contribution in [0.25, 0.3) is 0 Å². The number of rotatable bonds is 8. The standard InChI is InChI=1S/C6H13NO2.C5H11NO2S.C5H9NO2/c1-3-4(2)5(7)6(8)9;1-9-3-2-4(6)5(7)8;7-5(8)4-2-1-3-6-4/h4-5H,3,7H2,1-2H3,(H,8,9);4H,2-3,6H2,1H3,(H,7,8);4,6H,1-3H2,(H,7,8)/t4-,5-;2*4-/m000/s1. The number of carboxylic acids is 3. The second kappa shape index (κ2) is 15.9. The number of hydrogen-bond acceptors (Lipinski definition) is 7. The highest BCUT2D eigenvalue weighted by molar-refractivity contribution is 7.98. The Kier molecular flexibility index (Phi) is 16.4. The van der Waals surface area contributed by atoms with Crippen molar-refractivity contribution in [2.24, 2.45) is 17.4 Å². The molecule has 0 aromatic rings. The number of thioether (sulfide) groups is 1. The zero-order chi connectivity index (χ0) is 20.7. The summed E-state index contributed by atoms with van der Waals surface area (Å²) < 4.78 is 0. The number of nitrogens with one attached hydrogen (secondary N) is 1. The van der Waals surface area contributed by atoms with E-state index in [1.54, 1.807) is 11.8 Å². The first kappa shape index (κ1) is 26.9. The lowest BCUT2D eigenvalue weighted by Crippen LogP contribution is -2.36. The topological polar surface area (TPSA) is 176 Å². The number of hydrogen-bond donors (Lipinski definition) is 6. The second-order valence-electron chi connectivity index (χ2n) is 5.96. The zero-order valence-corrected chi connectivity index (χ0v) is 16.5. The SMILES string of the molecule is CC[C@H](C)[C@H](N)C(=O)O.CSCC[C@H](N)C(=O)O.O=C(O)[C@@H]1CCCN1. The van der Waals surface area contributed by atoms with Crippen LogP contribution in [0.4, 0.5) is 0 Å². The molecule has 0 spiro atoms. The fourth-order valence-electron chi connectivity index (χ4n) is 1.76. The third-order valence-corrected chi connectivity index (χ3v) is 4.49. The molecule has 26 heavy (non-hydrogen) atoms. The highest BCUT2D eigenvalue weighted by atomic mass is 32.2. The van der Waals surface area contributed by atoms with Gasteiger partial charge in [-0.25, -0.2) is 0 Å². The Morgan fingerprint density at radius 2 is 1.77 bits per heavy atom. The summed E-state index contributed by atoms with van der Waals surface area (Å²) in [4.78, 5) is 30.4. The fourth-order valence-corrected chi connectivity index (χ4v) is 2.25. The van der Waals surface area contributed by atoms with Crippen LogP contribution < -0.4 is 16.8 Å². The summed E-state index contributed by atoms with van der Waals surface area (Å²) in [6.07, 6.45) is 5.07. The lowest BCUT2D eigenvalue weighted by Gasteiger charge is -2.11. The molecule has 0 aliphatic carbocycles. The normalized spacial score (nSPS) is 19.0. The van der Waals surface area contributed by atoms with E-state index >= 15 is 0 Å². The van der Waals surface area contributed by atoms with Crippen molar-refractivity contribution < 1.29 is 29.7 Å². The highest BCUT2D eigenvalue weighted by Crippen LogP contribution is 2.04. The molecular formula is C16H33N3O6S. The molecule has 1 aliphatic rings. The Morgan fingerprint density at radius 3 is 2.00 bits per heavy atom. The van der Waals surface area contributed by atoms with Crippen molar-refractivity contribution in [3.63, 3.8) is 0 Å². The van der Waals surface area contributed by atoms with Gasteiger partial charge in [-0.3, -0.25) is 14.4 Å². The van der Waals surface area contributed by atoms with E-state index in [0.29, 0.717) is 6.42 Å². The van der Waals surface area contributed by atoms with Crippen LogP contribution >= 0.6 is 11.8 Å². The van der Waals surface area contributed by atoms with E-state index in [0.717, 1.165) is 31.6 Å². The lowest BCUT2D eigenvalue weighted by molar-refractivity contribution is -0.140. The van der Waals surface area contributed by atoms with Crippen molar-refractivity contribution in [2.75, 3.05) is 18.6 Å². The molecule has 4 atom stereocenters. The van der Waals surface area contributed by atoms with Crippen molar-refractivity contribution in [3.05, 3.63) is 0 Å². The smallest absolute Gasteiger partial charge is 0.320 e. The maximum Gasteiger partial charge on any atom is 0.320 e. The van der Waals surface area contributed by atoms with E-state index in [-0.39, 0.29) is 12.0 Å². The Balaban J connectivity index is 0. The van der Waals surface area contributed by atoms with Gasteiger partial charge in [-0.15, -0.1) is 0 Å². The van der Waals surface area contributed by atoms with Crippen LogP contribution in [0.15, 0.2) is 0 Å². The van der Waals surface area contributed by atoms with Gasteiger partial charge in [0.1, 0.15) is 18.1 Å². The molecule has 1 fully saturated rings. The van der Waals surface area contributed by atoms with Crippen molar-refractivity contribution in [1.29, 1.82) is 0 Å². The predicted octanol–water partition coefficient (Wildman–Crippen LogP) is 0.419. The molecule has 8 N–H and O–H groups in total. The molecule has 0 saturated carbocycles. The molecule has 1 rings (SSSR count). The van der Waals surface area contributed by atoms with Gasteiger partial charge in [-0.05, 0) is 43.7 Å². The summed E-state index contributed by atoms with van der Waals surface area (Å²) in [5.41, 5.74) is 10.5. The van der Waals surface area contributed by atoms with Gasteiger partial charge in [0.15, 0.2) is 0 Å². The van der Waals surface area contributed by atoms with Gasteiger partial charge >= 0.3 is 17.9 Å². The first-order valence-electron chi connectivity index (χ1n) is 8.50. The van der Waals surface area contributed by atoms with E-state index in [9.17, 15) is 14.4 Å². The molecule has 0 amide bonds. The second-order valence-corrected chi connectivity index (χ2v) is 6.95. The third kappa shape index (κ3) is 13.9. The van der Waals surface area contributed by atoms with Crippen LogP contribution in [0.5, 0.6) is 0 Å². The van der Waals surface area contributed by atoms with Crippen LogP contribution in [0.2, 0.25) is 0 Å². The van der Waals surface area contributed by atoms with Crippen LogP contribution in [0.3, 0.4) is 0 Å². The summed E-state index contributed by atoms with van der Waals surface area (Å²) in [6.45, 7) is 4.61. The minimum Gasteiger partial charge on any atom is -0.480 e. The molecule has 154 valence electrons. The van der Waals surface area contributed by atoms with Gasteiger partial charge in [-0.2, -0.15) is 11.8 Å². The Bertz CT molecular complexity index is 419. The van der Waals surface area contributed by atoms with E-state index in [1.807, 2.05) is 20.1 Å². The molecule has 1 saturated heterocycles. The van der Waals surface area contributed by atoms with Gasteiger partial charge in [0.25, 0.3) is 0 Å². The minimum atomic E-state index is -0.913. The summed E-state index contributed by atoms with van der Waals surface area (Å²) in [5.74, 6) is -1.66. The van der Waals surface area contributed by atoms with Crippen molar-refractivity contribution in [2.45, 2.75) is 57.7 Å². The molecule has 0 bridgehead atoms. The van der Waals surface area contributed by atoms with Gasteiger partial charge < -0.3 is 32.1 Å². The number of nitrogens with two attached hydrogens (primary N) is 2. The lowest BCUT2D eigenvalue weighted by atomic mass is 10.0. The monoisotopic (exact) mass is 395 g/mol. The molecule has 0 radical (unpaired) electrons. The largest absolute Gasteiger partial charge is 0.480 e. The summed E-state index contributed by atoms with van der Waals surface area (Å²) in [6, 6.07) is -1.65. The van der Waals surface area contributed by atoms with Crippen LogP contribution in [0.1, 0.15) is 39.5 Å². The van der Waals surface area contributed by atoms with Gasteiger partial charge in [0.05, 0.1) is 0 Å². The van der Waals surface area contributed by atoms with E-state index in [1.165, 1.54) is 0 Å². The van der Waals surface area contributed by atoms with Gasteiger partial charge in [-0.1, -0.05) is 20.3 Å². The van der Waals surface area contributed by atoms with E-state index in [2.05, 4.69) is 5.32 Å². The first-order chi connectivity index (χ1) is 12.1. The van der Waals surface area contributed by atoms with Crippen molar-refractivity contribution in [3.8, 4) is 0 Å². The van der Waals surface area contributed by atoms with E-state index in [4.69, 9.17) is 26.8 Å². The van der Waals surface area contributed by atoms with Crippen LogP contribution in [0, 0.1) is 5.92 Å². The molecule has 10 heteroatoms. The summed E-state index contributed by atoms with van der Waals surface area (Å²) in [7, 11) is 0. The maximum absolute atomic E-state index is 10.2. The van der Waals surface area contributed by atoms with E-state index < -0.39 is 30.0 Å². The first-order valence-corrected chi connectivity index (χ1v) is 9.89. The Hall–Kier alpha value is -1.36. The Labute approximate surface area is 158 Å². The van der Waals surface area contributed by atoms with Crippen molar-refractivity contribution >= 4 is 29.7 Å². The molecule has 0 aromatic carbocycles. The Morgan fingerprint density at radius 1 is 1.19 bits per heavy atom. The molecule has 1 aliphatic heterocycles. The fraction of sp³-hybridized carbons (Fsp3) is 0.812. The summed E-state index contributed by atoms with van der Waals surface area (Å²) >= 11 is 1.60.